The van der Waals surface area contributed by atoms with Crippen LogP contribution in [-0.4, -0.2) is 11.6 Å². The molecule has 0 heterocycles. The lowest BCUT2D eigenvalue weighted by Gasteiger charge is -2.18. The number of nitrogens with zero attached hydrogens (tertiary/aromatic N) is 1. The van der Waals surface area contributed by atoms with Crippen LogP contribution in [0.5, 0.6) is 0 Å². The summed E-state index contributed by atoms with van der Waals surface area (Å²) in [6, 6.07) is 29.0. The van der Waals surface area contributed by atoms with Crippen molar-refractivity contribution in [2.24, 2.45) is 11.0 Å². The molecule has 0 aromatic heterocycles. The Labute approximate surface area is 178 Å². The smallest absolute Gasteiger partial charge is 0.244 e. The lowest BCUT2D eigenvalue weighted by atomic mass is 9.85. The molecule has 0 radical (unpaired) electrons. The standard InChI is InChI=1S/C27H28N2O/c1-3-10-25(21-17-15-20(2)16-18-21)28-29-26(30)24-19-27(24,22-11-6-4-7-12-22)23-13-8-5-9-14-23/h4-9,11-18,24H,3,10,19H2,1-2H3,(H,29,30)/t24-/m1/s1. The third kappa shape index (κ3) is 3.93. The Kier molecular flexibility index (Phi) is 5.80. The summed E-state index contributed by atoms with van der Waals surface area (Å²) in [7, 11) is 0. The highest BCUT2D eigenvalue weighted by Crippen LogP contribution is 2.58. The number of carbonyl (C=O) groups is 1. The van der Waals surface area contributed by atoms with Crippen molar-refractivity contribution in [3.63, 3.8) is 0 Å². The van der Waals surface area contributed by atoms with Gasteiger partial charge in [0.2, 0.25) is 5.91 Å². The van der Waals surface area contributed by atoms with Crippen LogP contribution in [0.3, 0.4) is 0 Å². The monoisotopic (exact) mass is 396 g/mol. The minimum absolute atomic E-state index is 0.0107. The number of carbonyl (C=O) groups excluding carboxylic acids is 1. The van der Waals surface area contributed by atoms with Gasteiger partial charge >= 0.3 is 0 Å². The normalized spacial score (nSPS) is 17.4. The molecule has 0 spiro atoms. The molecule has 30 heavy (non-hydrogen) atoms. The zero-order valence-electron chi connectivity index (χ0n) is 17.6. The number of rotatable bonds is 7. The summed E-state index contributed by atoms with van der Waals surface area (Å²) in [5.41, 5.74) is 8.20. The number of benzene rings is 3. The Morgan fingerprint density at radius 2 is 1.50 bits per heavy atom. The van der Waals surface area contributed by atoms with Crippen LogP contribution < -0.4 is 5.43 Å². The van der Waals surface area contributed by atoms with Gasteiger partial charge in [0.15, 0.2) is 0 Å². The molecule has 0 bridgehead atoms. The van der Waals surface area contributed by atoms with Crippen molar-refractivity contribution in [3.8, 4) is 0 Å². The number of nitrogens with one attached hydrogen (secondary N) is 1. The molecular weight excluding hydrogens is 368 g/mol. The molecule has 3 heteroatoms. The van der Waals surface area contributed by atoms with Crippen LogP contribution in [-0.2, 0) is 10.2 Å². The largest absolute Gasteiger partial charge is 0.273 e. The lowest BCUT2D eigenvalue weighted by Crippen LogP contribution is -2.26. The first-order valence-electron chi connectivity index (χ1n) is 10.7. The highest BCUT2D eigenvalue weighted by atomic mass is 16.2. The Hall–Kier alpha value is -3.20. The first-order chi connectivity index (χ1) is 14.6. The van der Waals surface area contributed by atoms with Crippen LogP contribution in [0.15, 0.2) is 90.0 Å². The summed E-state index contributed by atoms with van der Waals surface area (Å²) in [5.74, 6) is -0.129. The predicted octanol–water partition coefficient (Wildman–Crippen LogP) is 5.62. The summed E-state index contributed by atoms with van der Waals surface area (Å²) in [5, 5.41) is 4.54. The summed E-state index contributed by atoms with van der Waals surface area (Å²) in [4.78, 5) is 13.1. The predicted molar refractivity (Wildman–Crippen MR) is 123 cm³/mol. The van der Waals surface area contributed by atoms with Gasteiger partial charge in [-0.2, -0.15) is 5.10 Å². The molecule has 1 atom stereocenters. The van der Waals surface area contributed by atoms with Crippen LogP contribution in [0.4, 0.5) is 0 Å². The van der Waals surface area contributed by atoms with Crippen molar-refractivity contribution < 1.29 is 4.79 Å². The molecule has 0 saturated heterocycles. The van der Waals surface area contributed by atoms with E-state index < -0.39 is 0 Å². The van der Waals surface area contributed by atoms with Crippen LogP contribution >= 0.6 is 0 Å². The van der Waals surface area contributed by atoms with Crippen LogP contribution in [0.25, 0.3) is 0 Å². The highest BCUT2D eigenvalue weighted by molar-refractivity contribution is 6.01. The molecule has 152 valence electrons. The maximum atomic E-state index is 13.1. The van der Waals surface area contributed by atoms with E-state index in [1.165, 1.54) is 16.7 Å². The molecule has 3 aromatic carbocycles. The Bertz CT molecular complexity index is 984. The van der Waals surface area contributed by atoms with Gasteiger partial charge in [-0.3, -0.25) is 4.79 Å². The van der Waals surface area contributed by atoms with E-state index in [0.29, 0.717) is 0 Å². The molecule has 4 rings (SSSR count). The fourth-order valence-electron chi connectivity index (χ4n) is 4.30. The molecule has 1 aliphatic rings. The van der Waals surface area contributed by atoms with Crippen LogP contribution in [0, 0.1) is 12.8 Å². The van der Waals surface area contributed by atoms with Gasteiger partial charge in [0.25, 0.3) is 0 Å². The minimum Gasteiger partial charge on any atom is -0.273 e. The van der Waals surface area contributed by atoms with E-state index in [2.05, 4.69) is 72.9 Å². The zero-order valence-corrected chi connectivity index (χ0v) is 17.6. The summed E-state index contributed by atoms with van der Waals surface area (Å²) in [6.07, 6.45) is 2.61. The molecule has 0 aliphatic heterocycles. The van der Waals surface area contributed by atoms with Crippen molar-refractivity contribution in [2.45, 2.75) is 38.5 Å². The second-order valence-electron chi connectivity index (χ2n) is 8.11. The van der Waals surface area contributed by atoms with Crippen LogP contribution in [0.1, 0.15) is 48.4 Å². The molecular formula is C27H28N2O. The number of hydrogen-bond acceptors (Lipinski definition) is 2. The van der Waals surface area contributed by atoms with E-state index in [0.717, 1.165) is 30.5 Å². The highest BCUT2D eigenvalue weighted by Gasteiger charge is 2.60. The van der Waals surface area contributed by atoms with Crippen molar-refractivity contribution in [3.05, 3.63) is 107 Å². The molecule has 0 unspecified atom stereocenters. The maximum Gasteiger partial charge on any atom is 0.244 e. The summed E-state index contributed by atoms with van der Waals surface area (Å²) >= 11 is 0. The van der Waals surface area contributed by atoms with Gasteiger partial charge in [0.05, 0.1) is 11.6 Å². The van der Waals surface area contributed by atoms with Gasteiger partial charge < -0.3 is 0 Å². The average molecular weight is 397 g/mol. The second-order valence-corrected chi connectivity index (χ2v) is 8.11. The lowest BCUT2D eigenvalue weighted by molar-refractivity contribution is -0.122. The van der Waals surface area contributed by atoms with E-state index in [9.17, 15) is 4.79 Å². The summed E-state index contributed by atoms with van der Waals surface area (Å²) < 4.78 is 0. The average Bonchev–Trinajstić information content (AvgIpc) is 3.55. The third-order valence-electron chi connectivity index (χ3n) is 6.03. The Balaban J connectivity index is 1.58. The second kappa shape index (κ2) is 8.66. The SMILES string of the molecule is CCCC(=NNC(=O)[C@H]1CC1(c1ccccc1)c1ccccc1)c1ccc(C)cc1. The van der Waals surface area contributed by atoms with Crippen molar-refractivity contribution in [1.29, 1.82) is 0 Å². The topological polar surface area (TPSA) is 41.5 Å². The Morgan fingerprint density at radius 3 is 2.03 bits per heavy atom. The van der Waals surface area contributed by atoms with Gasteiger partial charge in [0.1, 0.15) is 0 Å². The molecule has 1 amide bonds. The van der Waals surface area contributed by atoms with E-state index in [-0.39, 0.29) is 17.2 Å². The first kappa shape index (κ1) is 20.1. The van der Waals surface area contributed by atoms with E-state index in [4.69, 9.17) is 0 Å². The first-order valence-corrected chi connectivity index (χ1v) is 10.7. The fraction of sp³-hybridized carbons (Fsp3) is 0.259. The Morgan fingerprint density at radius 1 is 0.933 bits per heavy atom. The van der Waals surface area contributed by atoms with Gasteiger partial charge in [-0.25, -0.2) is 5.43 Å². The molecule has 1 aliphatic carbocycles. The number of hydrogen-bond donors (Lipinski definition) is 1. The summed E-state index contributed by atoms with van der Waals surface area (Å²) in [6.45, 7) is 4.20. The third-order valence-corrected chi connectivity index (χ3v) is 6.03. The van der Waals surface area contributed by atoms with Gasteiger partial charge in [-0.1, -0.05) is 104 Å². The molecule has 1 N–H and O–H groups in total. The molecule has 3 nitrogen and oxygen atoms in total. The van der Waals surface area contributed by atoms with Gasteiger partial charge in [0, 0.05) is 5.41 Å². The van der Waals surface area contributed by atoms with E-state index >= 15 is 0 Å². The maximum absolute atomic E-state index is 13.1. The van der Waals surface area contributed by atoms with E-state index in [1.807, 2.05) is 36.4 Å². The molecule has 1 saturated carbocycles. The fourth-order valence-corrected chi connectivity index (χ4v) is 4.30. The number of aryl methyl sites for hydroxylation is 1. The van der Waals surface area contributed by atoms with Crippen molar-refractivity contribution in [2.75, 3.05) is 0 Å². The zero-order chi connectivity index (χ0) is 21.0. The number of hydrazone groups is 1. The van der Waals surface area contributed by atoms with Gasteiger partial charge in [-0.15, -0.1) is 0 Å². The molecule has 3 aromatic rings. The quantitative estimate of drug-likeness (QED) is 0.409. The van der Waals surface area contributed by atoms with Gasteiger partial charge in [-0.05, 0) is 36.5 Å². The van der Waals surface area contributed by atoms with Crippen molar-refractivity contribution in [1.82, 2.24) is 5.43 Å². The van der Waals surface area contributed by atoms with Crippen molar-refractivity contribution >= 4 is 11.6 Å². The van der Waals surface area contributed by atoms with Crippen LogP contribution in [0.2, 0.25) is 0 Å². The van der Waals surface area contributed by atoms with E-state index in [1.54, 1.807) is 0 Å². The minimum atomic E-state index is -0.267. The number of amides is 1. The molecule has 1 fully saturated rings.